The van der Waals surface area contributed by atoms with Crippen LogP contribution in [-0.4, -0.2) is 26.4 Å². The first-order chi connectivity index (χ1) is 11.1. The van der Waals surface area contributed by atoms with E-state index < -0.39 is 5.79 Å². The molecule has 0 bridgehead atoms. The van der Waals surface area contributed by atoms with Crippen LogP contribution in [0.2, 0.25) is 0 Å². The molecular formula is C18H20O5. The summed E-state index contributed by atoms with van der Waals surface area (Å²) in [7, 11) is 4.74. The lowest BCUT2D eigenvalue weighted by atomic mass is 9.91. The molecule has 1 N–H and O–H groups in total. The Kier molecular flexibility index (Phi) is 4.26. The van der Waals surface area contributed by atoms with Gasteiger partial charge in [-0.05, 0) is 17.2 Å². The van der Waals surface area contributed by atoms with Gasteiger partial charge >= 0.3 is 0 Å². The third-order valence-electron chi connectivity index (χ3n) is 4.07. The highest BCUT2D eigenvalue weighted by molar-refractivity contribution is 5.54. The van der Waals surface area contributed by atoms with Crippen molar-refractivity contribution >= 4 is 0 Å². The van der Waals surface area contributed by atoms with Crippen LogP contribution < -0.4 is 9.47 Å². The topological polar surface area (TPSA) is 57.2 Å². The second-order valence-corrected chi connectivity index (χ2v) is 5.39. The lowest BCUT2D eigenvalue weighted by Crippen LogP contribution is -2.28. The summed E-state index contributed by atoms with van der Waals surface area (Å²) in [6.07, 6.45) is 0. The van der Waals surface area contributed by atoms with Gasteiger partial charge in [0.2, 0.25) is 5.79 Å². The molecule has 0 aliphatic carbocycles. The second kappa shape index (κ2) is 6.20. The van der Waals surface area contributed by atoms with Crippen molar-refractivity contribution in [3.8, 4) is 11.5 Å². The molecule has 1 atom stereocenters. The number of hydrogen-bond acceptors (Lipinski definition) is 5. The highest BCUT2D eigenvalue weighted by atomic mass is 16.6. The molecule has 0 amide bonds. The fourth-order valence-electron chi connectivity index (χ4n) is 3.02. The van der Waals surface area contributed by atoms with Crippen molar-refractivity contribution in [2.75, 3.05) is 21.3 Å². The summed E-state index contributed by atoms with van der Waals surface area (Å²) in [5, 5.41) is 11.3. The normalized spacial score (nSPS) is 19.5. The smallest absolute Gasteiger partial charge is 0.224 e. The van der Waals surface area contributed by atoms with Gasteiger partial charge in [-0.2, -0.15) is 0 Å². The average Bonchev–Trinajstić information content (AvgIpc) is 2.92. The summed E-state index contributed by atoms with van der Waals surface area (Å²) in [6.45, 7) is 0.644. The highest BCUT2D eigenvalue weighted by Crippen LogP contribution is 2.46. The molecule has 2 aromatic rings. The van der Waals surface area contributed by atoms with Crippen molar-refractivity contribution in [1.29, 1.82) is 0 Å². The van der Waals surface area contributed by atoms with Crippen LogP contribution in [0.25, 0.3) is 0 Å². The van der Waals surface area contributed by atoms with E-state index in [0.29, 0.717) is 30.3 Å². The molecule has 2 aromatic carbocycles. The molecule has 5 heteroatoms. The number of rotatable bonds is 5. The summed E-state index contributed by atoms with van der Waals surface area (Å²) >= 11 is 0. The number of aliphatic hydroxyl groups is 1. The number of ether oxygens (including phenoxy) is 4. The first-order valence-electron chi connectivity index (χ1n) is 7.33. The van der Waals surface area contributed by atoms with Gasteiger partial charge in [0.05, 0.1) is 33.0 Å². The van der Waals surface area contributed by atoms with Crippen LogP contribution in [0.1, 0.15) is 22.3 Å². The Morgan fingerprint density at radius 2 is 1.91 bits per heavy atom. The Morgan fingerprint density at radius 1 is 1.13 bits per heavy atom. The maximum absolute atomic E-state index is 11.3. The molecular weight excluding hydrogens is 296 g/mol. The van der Waals surface area contributed by atoms with Gasteiger partial charge in [-0.15, -0.1) is 0 Å². The Balaban J connectivity index is 2.22. The first kappa shape index (κ1) is 15.8. The molecule has 0 radical (unpaired) electrons. The maximum Gasteiger partial charge on any atom is 0.224 e. The van der Waals surface area contributed by atoms with E-state index in [4.69, 9.17) is 18.9 Å². The summed E-state index contributed by atoms with van der Waals surface area (Å²) < 4.78 is 21.9. The monoisotopic (exact) mass is 316 g/mol. The fraction of sp³-hybridized carbons (Fsp3) is 0.333. The molecule has 5 nitrogen and oxygen atoms in total. The van der Waals surface area contributed by atoms with Gasteiger partial charge in [0, 0.05) is 18.7 Å². The van der Waals surface area contributed by atoms with E-state index in [0.717, 1.165) is 16.7 Å². The Hall–Kier alpha value is -2.08. The second-order valence-electron chi connectivity index (χ2n) is 5.39. The highest BCUT2D eigenvalue weighted by Gasteiger charge is 2.43. The van der Waals surface area contributed by atoms with Crippen molar-refractivity contribution in [3.63, 3.8) is 0 Å². The van der Waals surface area contributed by atoms with Gasteiger partial charge in [0.25, 0.3) is 0 Å². The van der Waals surface area contributed by atoms with Crippen molar-refractivity contribution in [2.24, 2.45) is 0 Å². The molecule has 1 aliphatic rings. The minimum atomic E-state index is -1.57. The molecule has 122 valence electrons. The van der Waals surface area contributed by atoms with E-state index in [1.54, 1.807) is 27.4 Å². The molecule has 1 heterocycles. The molecule has 0 spiro atoms. The lowest BCUT2D eigenvalue weighted by molar-refractivity contribution is -0.172. The molecule has 0 saturated heterocycles. The van der Waals surface area contributed by atoms with E-state index in [2.05, 4.69) is 0 Å². The lowest BCUT2D eigenvalue weighted by Gasteiger charge is -2.28. The summed E-state index contributed by atoms with van der Waals surface area (Å²) in [5.41, 5.74) is 2.98. The molecule has 0 aromatic heterocycles. The predicted molar refractivity (Wildman–Crippen MR) is 84.5 cm³/mol. The number of fused-ring (bicyclic) bond motifs is 1. The van der Waals surface area contributed by atoms with Crippen LogP contribution in [0, 0.1) is 0 Å². The van der Waals surface area contributed by atoms with Gasteiger partial charge in [-0.25, -0.2) is 0 Å². The zero-order chi connectivity index (χ0) is 16.4. The van der Waals surface area contributed by atoms with Gasteiger partial charge in [0.1, 0.15) is 11.5 Å². The third kappa shape index (κ3) is 2.57. The Morgan fingerprint density at radius 3 is 2.61 bits per heavy atom. The first-order valence-corrected chi connectivity index (χ1v) is 7.33. The van der Waals surface area contributed by atoms with Gasteiger partial charge in [0.15, 0.2) is 0 Å². The zero-order valence-corrected chi connectivity index (χ0v) is 13.5. The van der Waals surface area contributed by atoms with Crippen LogP contribution in [0.3, 0.4) is 0 Å². The van der Waals surface area contributed by atoms with Gasteiger partial charge < -0.3 is 24.1 Å². The largest absolute Gasteiger partial charge is 0.497 e. The standard InChI is InChI=1S/C18H20O5/c1-20-10-13-8-14(21-2)9-16(22-3)17(13)18(19)15-7-5-4-6-12(15)11-23-18/h4-9,19H,10-11H2,1-3H3. The van der Waals surface area contributed by atoms with E-state index in [-0.39, 0.29) is 0 Å². The van der Waals surface area contributed by atoms with E-state index in [1.165, 1.54) is 0 Å². The molecule has 0 saturated carbocycles. The molecule has 0 fully saturated rings. The molecule has 1 aliphatic heterocycles. The predicted octanol–water partition coefficient (Wildman–Crippen LogP) is 2.57. The molecule has 23 heavy (non-hydrogen) atoms. The number of methoxy groups -OCH3 is 3. The van der Waals surface area contributed by atoms with Crippen molar-refractivity contribution < 1.29 is 24.1 Å². The number of hydrogen-bond donors (Lipinski definition) is 1. The Bertz CT molecular complexity index is 713. The van der Waals surface area contributed by atoms with Crippen molar-refractivity contribution in [3.05, 3.63) is 58.7 Å². The number of benzene rings is 2. The van der Waals surface area contributed by atoms with Crippen LogP contribution in [0.15, 0.2) is 36.4 Å². The van der Waals surface area contributed by atoms with E-state index >= 15 is 0 Å². The van der Waals surface area contributed by atoms with Crippen LogP contribution in [0.4, 0.5) is 0 Å². The Labute approximate surface area is 135 Å². The van der Waals surface area contributed by atoms with Gasteiger partial charge in [-0.1, -0.05) is 24.3 Å². The summed E-state index contributed by atoms with van der Waals surface area (Å²) in [6, 6.07) is 11.2. The van der Waals surface area contributed by atoms with E-state index in [9.17, 15) is 5.11 Å². The maximum atomic E-state index is 11.3. The van der Waals surface area contributed by atoms with E-state index in [1.807, 2.05) is 30.3 Å². The van der Waals surface area contributed by atoms with Crippen LogP contribution >= 0.6 is 0 Å². The van der Waals surface area contributed by atoms with Crippen LogP contribution in [0.5, 0.6) is 11.5 Å². The third-order valence-corrected chi connectivity index (χ3v) is 4.07. The minimum Gasteiger partial charge on any atom is -0.497 e. The minimum absolute atomic E-state index is 0.302. The SMILES string of the molecule is COCc1cc(OC)cc(OC)c1C1(O)OCc2ccccc21. The van der Waals surface area contributed by atoms with Crippen LogP contribution in [-0.2, 0) is 28.5 Å². The summed E-state index contributed by atoms with van der Waals surface area (Å²) in [5.74, 6) is -0.439. The van der Waals surface area contributed by atoms with Gasteiger partial charge in [-0.3, -0.25) is 0 Å². The zero-order valence-electron chi connectivity index (χ0n) is 13.5. The van der Waals surface area contributed by atoms with Crippen molar-refractivity contribution in [1.82, 2.24) is 0 Å². The quantitative estimate of drug-likeness (QED) is 0.919. The average molecular weight is 316 g/mol. The molecule has 3 rings (SSSR count). The molecule has 1 unspecified atom stereocenters. The summed E-state index contributed by atoms with van der Waals surface area (Å²) in [4.78, 5) is 0. The fourth-order valence-corrected chi connectivity index (χ4v) is 3.02. The van der Waals surface area contributed by atoms with Crippen molar-refractivity contribution in [2.45, 2.75) is 19.0 Å².